The molecule has 198 valence electrons. The summed E-state index contributed by atoms with van der Waals surface area (Å²) in [4.78, 5) is 22.6. The Morgan fingerprint density at radius 3 is 2.68 bits per heavy atom. The number of rotatable bonds is 8. The number of carbonyl (C=O) groups excluding carboxylic acids is 1. The van der Waals surface area contributed by atoms with Gasteiger partial charge in [-0.3, -0.25) is 9.52 Å². The van der Waals surface area contributed by atoms with Crippen LogP contribution in [0.2, 0.25) is 5.02 Å². The topological polar surface area (TPSA) is 138 Å². The van der Waals surface area contributed by atoms with Crippen molar-refractivity contribution in [2.24, 2.45) is 5.73 Å². The highest BCUT2D eigenvalue weighted by Gasteiger charge is 2.32. The standard InChI is InChI=1S/C24H31ClN8O3S/c1-37(35,36)30-18-7-6-16(25)13-17(18)24(34)32-12-3-2-5-20(32)19-14-23-28-22(31-10-4-11-31)15-21(27-9-8-26)33(23)29-19/h6-7,13-15,20,27,30H,2-5,8-12,26H2,1H3/t20-/m0/s1. The monoisotopic (exact) mass is 546 g/mol. The Labute approximate surface area is 221 Å². The highest BCUT2D eigenvalue weighted by Crippen LogP contribution is 2.35. The molecule has 0 unspecified atom stereocenters. The second-order valence-electron chi connectivity index (χ2n) is 9.47. The van der Waals surface area contributed by atoms with Gasteiger partial charge in [-0.1, -0.05) is 11.6 Å². The van der Waals surface area contributed by atoms with E-state index in [1.807, 2.05) is 12.1 Å². The summed E-state index contributed by atoms with van der Waals surface area (Å²) in [5.41, 5.74) is 7.56. The second kappa shape index (κ2) is 10.3. The Bertz CT molecular complexity index is 1420. The van der Waals surface area contributed by atoms with E-state index >= 15 is 0 Å². The molecule has 4 N–H and O–H groups in total. The van der Waals surface area contributed by atoms with Crippen LogP contribution in [0.15, 0.2) is 30.3 Å². The first-order chi connectivity index (χ1) is 17.7. The molecule has 5 rings (SSSR count). The van der Waals surface area contributed by atoms with E-state index in [4.69, 9.17) is 27.4 Å². The number of aromatic nitrogens is 3. The van der Waals surface area contributed by atoms with Crippen LogP contribution in [0, 0.1) is 0 Å². The maximum absolute atomic E-state index is 13.8. The van der Waals surface area contributed by atoms with Gasteiger partial charge in [0.15, 0.2) is 5.65 Å². The number of likely N-dealkylation sites (tertiary alicyclic amines) is 1. The van der Waals surface area contributed by atoms with Crippen LogP contribution in [0.3, 0.4) is 0 Å². The molecule has 0 radical (unpaired) electrons. The maximum atomic E-state index is 13.8. The van der Waals surface area contributed by atoms with E-state index in [1.165, 1.54) is 12.1 Å². The van der Waals surface area contributed by atoms with E-state index in [2.05, 4.69) is 14.9 Å². The Morgan fingerprint density at radius 2 is 1.97 bits per heavy atom. The fourth-order valence-electron chi connectivity index (χ4n) is 4.79. The summed E-state index contributed by atoms with van der Waals surface area (Å²) in [7, 11) is -3.59. The molecule has 2 aliphatic rings. The number of benzene rings is 1. The van der Waals surface area contributed by atoms with E-state index in [0.717, 1.165) is 62.4 Å². The van der Waals surface area contributed by atoms with Gasteiger partial charge in [0.2, 0.25) is 10.0 Å². The highest BCUT2D eigenvalue weighted by atomic mass is 35.5. The molecule has 37 heavy (non-hydrogen) atoms. The lowest BCUT2D eigenvalue weighted by atomic mass is 9.98. The Morgan fingerprint density at radius 1 is 1.16 bits per heavy atom. The Balaban J connectivity index is 1.52. The molecular weight excluding hydrogens is 516 g/mol. The van der Waals surface area contributed by atoms with Crippen molar-refractivity contribution in [1.82, 2.24) is 19.5 Å². The van der Waals surface area contributed by atoms with Crippen LogP contribution in [0.1, 0.15) is 47.8 Å². The summed E-state index contributed by atoms with van der Waals surface area (Å²) in [5.74, 6) is 1.38. The molecule has 2 aliphatic heterocycles. The first-order valence-corrected chi connectivity index (χ1v) is 14.7. The molecule has 1 amide bonds. The summed E-state index contributed by atoms with van der Waals surface area (Å²) in [6.45, 7) is 3.52. The third-order valence-electron chi connectivity index (χ3n) is 6.68. The predicted octanol–water partition coefficient (Wildman–Crippen LogP) is 2.70. The molecule has 0 spiro atoms. The Hall–Kier alpha value is -3.09. The minimum absolute atomic E-state index is 0.199. The predicted molar refractivity (Wildman–Crippen MR) is 145 cm³/mol. The number of nitrogens with zero attached hydrogens (tertiary/aromatic N) is 5. The molecule has 1 atom stereocenters. The number of sulfonamides is 1. The summed E-state index contributed by atoms with van der Waals surface area (Å²) in [6.07, 6.45) is 4.70. The fraction of sp³-hybridized carbons (Fsp3) is 0.458. The van der Waals surface area contributed by atoms with Gasteiger partial charge in [-0.05, 0) is 43.9 Å². The molecule has 3 aromatic rings. The van der Waals surface area contributed by atoms with Crippen molar-refractivity contribution in [2.75, 3.05) is 53.9 Å². The molecule has 4 heterocycles. The number of anilines is 3. The van der Waals surface area contributed by atoms with Crippen LogP contribution in [-0.2, 0) is 10.0 Å². The summed E-state index contributed by atoms with van der Waals surface area (Å²) >= 11 is 6.20. The summed E-state index contributed by atoms with van der Waals surface area (Å²) < 4.78 is 28.1. The molecule has 2 saturated heterocycles. The largest absolute Gasteiger partial charge is 0.369 e. The highest BCUT2D eigenvalue weighted by molar-refractivity contribution is 7.92. The van der Waals surface area contributed by atoms with Crippen molar-refractivity contribution < 1.29 is 13.2 Å². The van der Waals surface area contributed by atoms with Crippen LogP contribution < -0.4 is 20.7 Å². The number of carbonyl (C=O) groups is 1. The summed E-state index contributed by atoms with van der Waals surface area (Å²) in [6, 6.07) is 8.19. The first kappa shape index (κ1) is 25.6. The lowest BCUT2D eigenvalue weighted by molar-refractivity contribution is 0.0607. The van der Waals surface area contributed by atoms with Crippen LogP contribution >= 0.6 is 11.6 Å². The van der Waals surface area contributed by atoms with Crippen LogP contribution in [0.5, 0.6) is 0 Å². The van der Waals surface area contributed by atoms with Gasteiger partial charge in [-0.25, -0.2) is 13.4 Å². The van der Waals surface area contributed by atoms with Crippen LogP contribution in [0.25, 0.3) is 5.65 Å². The van der Waals surface area contributed by atoms with Gasteiger partial charge in [0.05, 0.1) is 29.2 Å². The van der Waals surface area contributed by atoms with Crippen molar-refractivity contribution in [1.29, 1.82) is 0 Å². The first-order valence-electron chi connectivity index (χ1n) is 12.4. The number of nitrogens with two attached hydrogens (primary N) is 1. The molecule has 2 fully saturated rings. The van der Waals surface area contributed by atoms with Gasteiger partial charge in [-0.2, -0.15) is 9.61 Å². The lowest BCUT2D eigenvalue weighted by Crippen LogP contribution is -2.39. The van der Waals surface area contributed by atoms with Crippen LogP contribution in [-0.4, -0.2) is 72.8 Å². The molecule has 13 heteroatoms. The van der Waals surface area contributed by atoms with Gasteiger partial charge in [-0.15, -0.1) is 0 Å². The van der Waals surface area contributed by atoms with E-state index in [9.17, 15) is 13.2 Å². The number of hydrogen-bond acceptors (Lipinski definition) is 8. The van der Waals surface area contributed by atoms with Gasteiger partial charge in [0, 0.05) is 49.9 Å². The van der Waals surface area contributed by atoms with Crippen molar-refractivity contribution in [2.45, 2.75) is 31.7 Å². The van der Waals surface area contributed by atoms with Crippen molar-refractivity contribution in [3.8, 4) is 0 Å². The van der Waals surface area contributed by atoms with E-state index in [1.54, 1.807) is 15.5 Å². The van der Waals surface area contributed by atoms with E-state index in [-0.39, 0.29) is 23.2 Å². The smallest absolute Gasteiger partial charge is 0.256 e. The quantitative estimate of drug-likeness (QED) is 0.392. The van der Waals surface area contributed by atoms with E-state index < -0.39 is 10.0 Å². The average molecular weight is 547 g/mol. The average Bonchev–Trinajstić information content (AvgIpc) is 3.25. The number of fused-ring (bicyclic) bond motifs is 1. The second-order valence-corrected chi connectivity index (χ2v) is 11.7. The number of halogens is 1. The normalized spacial score (nSPS) is 18.1. The molecular formula is C24H31ClN8O3S. The molecule has 2 aromatic heterocycles. The minimum Gasteiger partial charge on any atom is -0.369 e. The molecule has 1 aromatic carbocycles. The molecule has 11 nitrogen and oxygen atoms in total. The van der Waals surface area contributed by atoms with Crippen LogP contribution in [0.4, 0.5) is 17.3 Å². The number of hydrogen-bond donors (Lipinski definition) is 3. The zero-order valence-electron chi connectivity index (χ0n) is 20.7. The number of piperidine rings is 1. The maximum Gasteiger partial charge on any atom is 0.256 e. The molecule has 0 bridgehead atoms. The Kier molecular flexibility index (Phi) is 7.15. The van der Waals surface area contributed by atoms with Gasteiger partial charge in [0.25, 0.3) is 5.91 Å². The third-order valence-corrected chi connectivity index (χ3v) is 7.50. The number of nitrogens with one attached hydrogen (secondary N) is 2. The fourth-order valence-corrected chi connectivity index (χ4v) is 5.54. The third kappa shape index (κ3) is 5.46. The molecule has 0 aliphatic carbocycles. The van der Waals surface area contributed by atoms with Gasteiger partial charge in [0.1, 0.15) is 11.6 Å². The van der Waals surface area contributed by atoms with Gasteiger partial charge >= 0.3 is 0 Å². The SMILES string of the molecule is CS(=O)(=O)Nc1ccc(Cl)cc1C(=O)N1CCCC[C@H]1c1cc2nc(N3CCC3)cc(NCCN)n2n1. The summed E-state index contributed by atoms with van der Waals surface area (Å²) in [5, 5.41) is 8.55. The van der Waals surface area contributed by atoms with Crippen molar-refractivity contribution in [3.63, 3.8) is 0 Å². The number of amides is 1. The minimum atomic E-state index is -3.59. The zero-order chi connectivity index (χ0) is 26.2. The lowest BCUT2D eigenvalue weighted by Gasteiger charge is -2.35. The van der Waals surface area contributed by atoms with E-state index in [0.29, 0.717) is 30.3 Å². The van der Waals surface area contributed by atoms with Gasteiger partial charge < -0.3 is 20.9 Å². The molecule has 0 saturated carbocycles. The van der Waals surface area contributed by atoms with Crippen molar-refractivity contribution >= 4 is 50.5 Å². The van der Waals surface area contributed by atoms with Crippen molar-refractivity contribution in [3.05, 3.63) is 46.6 Å². The zero-order valence-corrected chi connectivity index (χ0v) is 22.2.